The van der Waals surface area contributed by atoms with Gasteiger partial charge in [-0.1, -0.05) is 6.07 Å². The molecule has 116 valence electrons. The Kier molecular flexibility index (Phi) is 6.58. The van der Waals surface area contributed by atoms with E-state index in [4.69, 9.17) is 0 Å². The number of amides is 1. The van der Waals surface area contributed by atoms with Crippen LogP contribution >= 0.6 is 12.4 Å². The molecule has 0 aliphatic carbocycles. The molecule has 0 spiro atoms. The van der Waals surface area contributed by atoms with Gasteiger partial charge in [-0.2, -0.15) is 0 Å². The monoisotopic (exact) mass is 313 g/mol. The molecule has 1 aromatic rings. The number of carbonyl (C=O) groups excluding carboxylic acids is 1. The van der Waals surface area contributed by atoms with Gasteiger partial charge in [-0.3, -0.25) is 14.9 Å². The summed E-state index contributed by atoms with van der Waals surface area (Å²) in [5.74, 6) is 0.151. The van der Waals surface area contributed by atoms with Gasteiger partial charge >= 0.3 is 0 Å². The lowest BCUT2D eigenvalue weighted by atomic mass is 9.92. The highest BCUT2D eigenvalue weighted by atomic mass is 35.5. The Morgan fingerprint density at radius 1 is 1.52 bits per heavy atom. The molecular formula is C14H20ClN3O3. The first kappa shape index (κ1) is 17.4. The van der Waals surface area contributed by atoms with Crippen molar-refractivity contribution in [2.24, 2.45) is 5.92 Å². The number of rotatable bonds is 4. The van der Waals surface area contributed by atoms with Crippen molar-refractivity contribution in [3.8, 4) is 0 Å². The molecule has 2 unspecified atom stereocenters. The van der Waals surface area contributed by atoms with E-state index >= 15 is 0 Å². The Morgan fingerprint density at radius 2 is 2.29 bits per heavy atom. The molecule has 0 saturated carbocycles. The lowest BCUT2D eigenvalue weighted by Crippen LogP contribution is -2.44. The number of nitro benzene ring substituents is 1. The average molecular weight is 314 g/mol. The SMILES string of the molecule is CC(NC(=O)c1cccc([N+](=O)[O-])c1)C1CCCNC1.Cl. The number of hydrogen-bond acceptors (Lipinski definition) is 4. The van der Waals surface area contributed by atoms with Crippen molar-refractivity contribution in [3.63, 3.8) is 0 Å². The lowest BCUT2D eigenvalue weighted by Gasteiger charge is -2.28. The Bertz CT molecular complexity index is 504. The van der Waals surface area contributed by atoms with E-state index in [1.165, 1.54) is 18.2 Å². The second-order valence-electron chi connectivity index (χ2n) is 5.18. The third-order valence-electron chi connectivity index (χ3n) is 3.72. The maximum atomic E-state index is 12.1. The normalized spacial score (nSPS) is 19.2. The number of halogens is 1. The first-order valence-electron chi connectivity index (χ1n) is 6.84. The van der Waals surface area contributed by atoms with Crippen LogP contribution in [0.1, 0.15) is 30.1 Å². The molecule has 7 heteroatoms. The number of benzene rings is 1. The van der Waals surface area contributed by atoms with Crippen molar-refractivity contribution < 1.29 is 9.72 Å². The summed E-state index contributed by atoms with van der Waals surface area (Å²) < 4.78 is 0. The second-order valence-corrected chi connectivity index (χ2v) is 5.18. The van der Waals surface area contributed by atoms with Crippen molar-refractivity contribution in [2.45, 2.75) is 25.8 Å². The molecule has 1 heterocycles. The molecule has 1 aliphatic rings. The van der Waals surface area contributed by atoms with Crippen LogP contribution in [0, 0.1) is 16.0 Å². The van der Waals surface area contributed by atoms with Gasteiger partial charge in [-0.25, -0.2) is 0 Å². The maximum Gasteiger partial charge on any atom is 0.270 e. The summed E-state index contributed by atoms with van der Waals surface area (Å²) in [6, 6.07) is 5.86. The molecule has 0 aromatic heterocycles. The summed E-state index contributed by atoms with van der Waals surface area (Å²) in [5.41, 5.74) is 0.263. The Morgan fingerprint density at radius 3 is 2.90 bits per heavy atom. The third-order valence-corrected chi connectivity index (χ3v) is 3.72. The maximum absolute atomic E-state index is 12.1. The molecule has 6 nitrogen and oxygen atoms in total. The van der Waals surface area contributed by atoms with Gasteiger partial charge in [0.1, 0.15) is 0 Å². The molecule has 1 fully saturated rings. The van der Waals surface area contributed by atoms with Crippen LogP contribution in [-0.4, -0.2) is 30.0 Å². The van der Waals surface area contributed by atoms with Crippen LogP contribution in [-0.2, 0) is 0 Å². The second kappa shape index (κ2) is 7.95. The van der Waals surface area contributed by atoms with Gasteiger partial charge in [0.2, 0.25) is 0 Å². The molecule has 1 amide bonds. The lowest BCUT2D eigenvalue weighted by molar-refractivity contribution is -0.384. The van der Waals surface area contributed by atoms with Crippen LogP contribution in [0.25, 0.3) is 0 Å². The highest BCUT2D eigenvalue weighted by Gasteiger charge is 2.22. The fraction of sp³-hybridized carbons (Fsp3) is 0.500. The quantitative estimate of drug-likeness (QED) is 0.659. The summed E-state index contributed by atoms with van der Waals surface area (Å²) in [7, 11) is 0. The molecule has 2 rings (SSSR count). The van der Waals surface area contributed by atoms with Gasteiger partial charge in [-0.15, -0.1) is 12.4 Å². The van der Waals surface area contributed by atoms with Crippen LogP contribution < -0.4 is 10.6 Å². The van der Waals surface area contributed by atoms with Gasteiger partial charge in [0.05, 0.1) is 4.92 Å². The van der Waals surface area contributed by atoms with Crippen molar-refractivity contribution in [3.05, 3.63) is 39.9 Å². The summed E-state index contributed by atoms with van der Waals surface area (Å²) >= 11 is 0. The van der Waals surface area contributed by atoms with E-state index < -0.39 is 4.92 Å². The minimum Gasteiger partial charge on any atom is -0.349 e. The van der Waals surface area contributed by atoms with E-state index in [2.05, 4.69) is 10.6 Å². The predicted octanol–water partition coefficient (Wildman–Crippen LogP) is 2.13. The molecule has 0 bridgehead atoms. The number of nitrogens with one attached hydrogen (secondary N) is 2. The van der Waals surface area contributed by atoms with E-state index in [0.717, 1.165) is 25.9 Å². The summed E-state index contributed by atoms with van der Waals surface area (Å²) in [4.78, 5) is 22.3. The van der Waals surface area contributed by atoms with Crippen LogP contribution in [0.15, 0.2) is 24.3 Å². The first-order chi connectivity index (χ1) is 9.58. The van der Waals surface area contributed by atoms with Crippen LogP contribution in [0.5, 0.6) is 0 Å². The van der Waals surface area contributed by atoms with Gasteiger partial charge < -0.3 is 10.6 Å². The largest absolute Gasteiger partial charge is 0.349 e. The Balaban J connectivity index is 0.00000220. The van der Waals surface area contributed by atoms with E-state index in [-0.39, 0.29) is 30.0 Å². The number of non-ortho nitro benzene ring substituents is 1. The molecule has 2 atom stereocenters. The van der Waals surface area contributed by atoms with Gasteiger partial charge in [-0.05, 0) is 44.8 Å². The van der Waals surface area contributed by atoms with Crippen LogP contribution in [0.2, 0.25) is 0 Å². The van der Waals surface area contributed by atoms with Gasteiger partial charge in [0.15, 0.2) is 0 Å². The number of piperidine rings is 1. The summed E-state index contributed by atoms with van der Waals surface area (Å²) in [6.07, 6.45) is 2.20. The number of hydrogen-bond donors (Lipinski definition) is 2. The van der Waals surface area contributed by atoms with Crippen molar-refractivity contribution in [1.29, 1.82) is 0 Å². The zero-order valence-electron chi connectivity index (χ0n) is 11.9. The van der Waals surface area contributed by atoms with Crippen LogP contribution in [0.3, 0.4) is 0 Å². The zero-order valence-corrected chi connectivity index (χ0v) is 12.7. The number of carbonyl (C=O) groups is 1. The number of nitro groups is 1. The Labute approximate surface area is 129 Å². The zero-order chi connectivity index (χ0) is 14.5. The number of nitrogens with zero attached hydrogens (tertiary/aromatic N) is 1. The third kappa shape index (κ3) is 4.68. The standard InChI is InChI=1S/C14H19N3O3.ClH/c1-10(12-5-3-7-15-9-12)16-14(18)11-4-2-6-13(8-11)17(19)20;/h2,4,6,8,10,12,15H,3,5,7,9H2,1H3,(H,16,18);1H. The molecule has 2 N–H and O–H groups in total. The average Bonchev–Trinajstić information content (AvgIpc) is 2.48. The Hall–Kier alpha value is -1.66. The predicted molar refractivity (Wildman–Crippen MR) is 82.9 cm³/mol. The minimum atomic E-state index is -0.495. The molecule has 21 heavy (non-hydrogen) atoms. The van der Waals surface area contributed by atoms with Gasteiger partial charge in [0, 0.05) is 23.7 Å². The first-order valence-corrected chi connectivity index (χ1v) is 6.84. The molecular weight excluding hydrogens is 294 g/mol. The van der Waals surface area contributed by atoms with Crippen molar-refractivity contribution >= 4 is 24.0 Å². The topological polar surface area (TPSA) is 84.3 Å². The van der Waals surface area contributed by atoms with E-state index in [9.17, 15) is 14.9 Å². The van der Waals surface area contributed by atoms with Crippen molar-refractivity contribution in [2.75, 3.05) is 13.1 Å². The molecule has 0 radical (unpaired) electrons. The van der Waals surface area contributed by atoms with Gasteiger partial charge in [0.25, 0.3) is 11.6 Å². The molecule has 1 aliphatic heterocycles. The van der Waals surface area contributed by atoms with E-state index in [1.54, 1.807) is 6.07 Å². The molecule has 1 aromatic carbocycles. The fourth-order valence-corrected chi connectivity index (χ4v) is 2.47. The smallest absolute Gasteiger partial charge is 0.270 e. The molecule has 1 saturated heterocycles. The summed E-state index contributed by atoms with van der Waals surface area (Å²) in [5, 5.41) is 17.0. The minimum absolute atomic E-state index is 0. The fourth-order valence-electron chi connectivity index (χ4n) is 2.47. The highest BCUT2D eigenvalue weighted by Crippen LogP contribution is 2.16. The van der Waals surface area contributed by atoms with Crippen LogP contribution in [0.4, 0.5) is 5.69 Å². The van der Waals surface area contributed by atoms with Crippen molar-refractivity contribution in [1.82, 2.24) is 10.6 Å². The van der Waals surface area contributed by atoms with E-state index in [0.29, 0.717) is 11.5 Å². The summed E-state index contributed by atoms with van der Waals surface area (Å²) in [6.45, 7) is 3.91. The highest BCUT2D eigenvalue weighted by molar-refractivity contribution is 5.95. The van der Waals surface area contributed by atoms with E-state index in [1.807, 2.05) is 6.92 Å².